The molecule has 0 aromatic heterocycles. The Bertz CT molecular complexity index is 332. The van der Waals surface area contributed by atoms with Crippen LogP contribution in [-0.4, -0.2) is 17.3 Å². The predicted octanol–water partition coefficient (Wildman–Crippen LogP) is 2.54. The summed E-state index contributed by atoms with van der Waals surface area (Å²) in [6.07, 6.45) is 1.69. The number of hydrogen-bond donors (Lipinski definition) is 3. The van der Waals surface area contributed by atoms with Crippen LogP contribution in [0.2, 0.25) is 0 Å². The third-order valence-corrected chi connectivity index (χ3v) is 2.99. The van der Waals surface area contributed by atoms with Crippen LogP contribution < -0.4 is 11.1 Å². The van der Waals surface area contributed by atoms with E-state index in [1.165, 1.54) is 0 Å². The lowest BCUT2D eigenvalue weighted by atomic mass is 9.94. The van der Waals surface area contributed by atoms with Crippen molar-refractivity contribution in [2.24, 2.45) is 0 Å². The lowest BCUT2D eigenvalue weighted by Crippen LogP contribution is -2.35. The number of aliphatic hydroxyl groups excluding tert-OH is 1. The molecule has 16 heavy (non-hydrogen) atoms. The number of nitrogen functional groups attached to an aromatic ring is 1. The summed E-state index contributed by atoms with van der Waals surface area (Å²) in [6, 6.07) is 5.94. The zero-order chi connectivity index (χ0) is 12.2. The van der Waals surface area contributed by atoms with Crippen molar-refractivity contribution in [2.75, 3.05) is 17.7 Å². The molecule has 0 fully saturated rings. The molecule has 1 aromatic carbocycles. The first-order valence-corrected chi connectivity index (χ1v) is 5.75. The maximum absolute atomic E-state index is 9.06. The van der Waals surface area contributed by atoms with Gasteiger partial charge in [0.05, 0.1) is 0 Å². The molecule has 1 unspecified atom stereocenters. The Hall–Kier alpha value is -1.22. The summed E-state index contributed by atoms with van der Waals surface area (Å²) in [5.74, 6) is 0. The summed E-state index contributed by atoms with van der Waals surface area (Å²) in [4.78, 5) is 0. The summed E-state index contributed by atoms with van der Waals surface area (Å²) in [5.41, 5.74) is 8.67. The lowest BCUT2D eigenvalue weighted by molar-refractivity contribution is 0.252. The highest BCUT2D eigenvalue weighted by Gasteiger charge is 2.20. The molecule has 4 N–H and O–H groups in total. The van der Waals surface area contributed by atoms with Crippen molar-refractivity contribution < 1.29 is 5.11 Å². The van der Waals surface area contributed by atoms with Gasteiger partial charge in [0.1, 0.15) is 0 Å². The Balaban J connectivity index is 2.85. The maximum Gasteiger partial charge on any atom is 0.0453 e. The van der Waals surface area contributed by atoms with Crippen molar-refractivity contribution in [3.8, 4) is 0 Å². The number of anilines is 2. The van der Waals surface area contributed by atoms with Gasteiger partial charge in [0.2, 0.25) is 0 Å². The van der Waals surface area contributed by atoms with Crippen molar-refractivity contribution in [2.45, 2.75) is 39.2 Å². The molecule has 90 valence electrons. The molecule has 0 heterocycles. The van der Waals surface area contributed by atoms with Crippen molar-refractivity contribution >= 4 is 11.4 Å². The highest BCUT2D eigenvalue weighted by molar-refractivity contribution is 5.57. The Labute approximate surface area is 97.7 Å². The van der Waals surface area contributed by atoms with Gasteiger partial charge in [-0.15, -0.1) is 0 Å². The fourth-order valence-electron chi connectivity index (χ4n) is 1.81. The van der Waals surface area contributed by atoms with E-state index in [0.717, 1.165) is 29.8 Å². The van der Waals surface area contributed by atoms with Gasteiger partial charge in [-0.25, -0.2) is 0 Å². The topological polar surface area (TPSA) is 58.3 Å². The van der Waals surface area contributed by atoms with E-state index in [1.54, 1.807) is 0 Å². The van der Waals surface area contributed by atoms with E-state index >= 15 is 0 Å². The van der Waals surface area contributed by atoms with Crippen molar-refractivity contribution in [3.63, 3.8) is 0 Å². The molecular weight excluding hydrogens is 200 g/mol. The molecule has 1 atom stereocenters. The molecule has 3 nitrogen and oxygen atoms in total. The van der Waals surface area contributed by atoms with Crippen molar-refractivity contribution in [1.82, 2.24) is 0 Å². The van der Waals surface area contributed by atoms with E-state index in [0.29, 0.717) is 0 Å². The first-order chi connectivity index (χ1) is 7.49. The van der Waals surface area contributed by atoms with Crippen LogP contribution in [0.4, 0.5) is 11.4 Å². The first-order valence-electron chi connectivity index (χ1n) is 5.75. The van der Waals surface area contributed by atoms with Gasteiger partial charge >= 0.3 is 0 Å². The molecule has 0 radical (unpaired) electrons. The molecule has 0 saturated carbocycles. The normalized spacial score (nSPS) is 14.5. The molecule has 1 aromatic rings. The highest BCUT2D eigenvalue weighted by atomic mass is 16.3. The fourth-order valence-corrected chi connectivity index (χ4v) is 1.81. The number of hydrogen-bond acceptors (Lipinski definition) is 3. The van der Waals surface area contributed by atoms with E-state index in [-0.39, 0.29) is 12.1 Å². The maximum atomic E-state index is 9.06. The van der Waals surface area contributed by atoms with Crippen molar-refractivity contribution in [1.29, 1.82) is 0 Å². The van der Waals surface area contributed by atoms with Gasteiger partial charge in [0.25, 0.3) is 0 Å². The van der Waals surface area contributed by atoms with Gasteiger partial charge in [-0.2, -0.15) is 0 Å². The van der Waals surface area contributed by atoms with Gasteiger partial charge in [0.15, 0.2) is 0 Å². The second-order valence-corrected chi connectivity index (χ2v) is 4.65. The molecule has 0 bridgehead atoms. The molecule has 1 rings (SSSR count). The number of benzene rings is 1. The summed E-state index contributed by atoms with van der Waals surface area (Å²) in [6.45, 7) is 6.44. The number of rotatable bonds is 5. The van der Waals surface area contributed by atoms with E-state index in [2.05, 4.69) is 25.2 Å². The van der Waals surface area contributed by atoms with Gasteiger partial charge in [-0.1, -0.05) is 6.92 Å². The smallest absolute Gasteiger partial charge is 0.0453 e. The molecule has 3 heteroatoms. The van der Waals surface area contributed by atoms with E-state index in [1.807, 2.05) is 19.1 Å². The zero-order valence-electron chi connectivity index (χ0n) is 10.4. The van der Waals surface area contributed by atoms with E-state index < -0.39 is 0 Å². The minimum absolute atomic E-state index is 0.0744. The molecule has 0 aliphatic heterocycles. The van der Waals surface area contributed by atoms with E-state index in [4.69, 9.17) is 10.8 Å². The second-order valence-electron chi connectivity index (χ2n) is 4.65. The Morgan fingerprint density at radius 2 is 2.06 bits per heavy atom. The zero-order valence-corrected chi connectivity index (χ0v) is 10.4. The molecule has 0 saturated heterocycles. The van der Waals surface area contributed by atoms with E-state index in [9.17, 15) is 0 Å². The average molecular weight is 222 g/mol. The Morgan fingerprint density at radius 1 is 1.38 bits per heavy atom. The summed E-state index contributed by atoms with van der Waals surface area (Å²) in [5, 5.41) is 12.5. The molecule has 0 aliphatic carbocycles. The minimum Gasteiger partial charge on any atom is -0.399 e. The van der Waals surface area contributed by atoms with Crippen LogP contribution in [0.3, 0.4) is 0 Å². The molecular formula is C13H22N2O. The molecule has 0 aliphatic rings. The fraction of sp³-hybridized carbons (Fsp3) is 0.538. The largest absolute Gasteiger partial charge is 0.399 e. The number of aryl methyl sites for hydroxylation is 1. The predicted molar refractivity (Wildman–Crippen MR) is 69.6 cm³/mol. The summed E-state index contributed by atoms with van der Waals surface area (Å²) >= 11 is 0. The Morgan fingerprint density at radius 3 is 2.56 bits per heavy atom. The summed E-state index contributed by atoms with van der Waals surface area (Å²) < 4.78 is 0. The van der Waals surface area contributed by atoms with Crippen LogP contribution in [0.1, 0.15) is 32.3 Å². The van der Waals surface area contributed by atoms with Crippen LogP contribution in [0.25, 0.3) is 0 Å². The van der Waals surface area contributed by atoms with Crippen LogP contribution in [-0.2, 0) is 0 Å². The van der Waals surface area contributed by atoms with Gasteiger partial charge in [-0.05, 0) is 50.5 Å². The number of nitrogens with one attached hydrogen (secondary N) is 1. The van der Waals surface area contributed by atoms with Crippen molar-refractivity contribution in [3.05, 3.63) is 23.8 Å². The van der Waals surface area contributed by atoms with Crippen LogP contribution in [0, 0.1) is 6.92 Å². The number of nitrogens with two attached hydrogens (primary N) is 1. The SMILES string of the molecule is CCC(C)(CCO)Nc1cc(C)cc(N)c1. The lowest BCUT2D eigenvalue weighted by Gasteiger charge is -2.30. The average Bonchev–Trinajstić information content (AvgIpc) is 2.16. The molecule has 0 amide bonds. The third-order valence-electron chi connectivity index (χ3n) is 2.99. The quantitative estimate of drug-likeness (QED) is 0.671. The highest BCUT2D eigenvalue weighted by Crippen LogP contribution is 2.24. The Kier molecular flexibility index (Phi) is 4.19. The van der Waals surface area contributed by atoms with Crippen LogP contribution in [0.5, 0.6) is 0 Å². The van der Waals surface area contributed by atoms with Gasteiger partial charge in [-0.3, -0.25) is 0 Å². The van der Waals surface area contributed by atoms with Crippen LogP contribution in [0.15, 0.2) is 18.2 Å². The first kappa shape index (κ1) is 12.8. The minimum atomic E-state index is -0.0744. The second kappa shape index (κ2) is 5.21. The van der Waals surface area contributed by atoms with Crippen LogP contribution >= 0.6 is 0 Å². The third kappa shape index (κ3) is 3.42. The molecule has 0 spiro atoms. The number of aliphatic hydroxyl groups is 1. The standard InChI is InChI=1S/C13H22N2O/c1-4-13(3,5-6-16)15-12-8-10(2)7-11(14)9-12/h7-9,15-16H,4-6,14H2,1-3H3. The summed E-state index contributed by atoms with van der Waals surface area (Å²) in [7, 11) is 0. The van der Waals surface area contributed by atoms with Gasteiger partial charge in [0, 0.05) is 23.5 Å². The van der Waals surface area contributed by atoms with Gasteiger partial charge < -0.3 is 16.2 Å². The monoisotopic (exact) mass is 222 g/mol.